The molecule has 2 saturated heterocycles. The van der Waals surface area contributed by atoms with E-state index in [2.05, 4.69) is 5.32 Å². The van der Waals surface area contributed by atoms with Crippen molar-refractivity contribution in [3.63, 3.8) is 0 Å². The number of benzene rings is 1. The van der Waals surface area contributed by atoms with Crippen molar-refractivity contribution in [1.29, 1.82) is 0 Å². The van der Waals surface area contributed by atoms with Crippen molar-refractivity contribution in [3.8, 4) is 5.75 Å². The molecular weight excluding hydrogens is 325 g/mol. The van der Waals surface area contributed by atoms with Gasteiger partial charge < -0.3 is 20.1 Å². The Morgan fingerprint density at radius 3 is 2.50 bits per heavy atom. The van der Waals surface area contributed by atoms with Gasteiger partial charge in [0, 0.05) is 12.1 Å². The highest BCUT2D eigenvalue weighted by molar-refractivity contribution is 5.91. The first-order valence-electron chi connectivity index (χ1n) is 7.89. The van der Waals surface area contributed by atoms with Gasteiger partial charge in [-0.3, -0.25) is 0 Å². The zero-order chi connectivity index (χ0) is 17.3. The number of aliphatic hydroxyl groups is 1. The number of nitrogens with zero attached hydrogens (tertiary/aromatic N) is 1. The largest absolute Gasteiger partial charge is 0.482 e. The Kier molecular flexibility index (Phi) is 4.58. The number of anilines is 1. The molecule has 8 heteroatoms. The Morgan fingerprint density at radius 1 is 1.25 bits per heavy atom. The molecule has 1 aromatic carbocycles. The van der Waals surface area contributed by atoms with Crippen molar-refractivity contribution in [2.24, 2.45) is 0 Å². The number of rotatable bonds is 3. The molecule has 2 N–H and O–H groups in total. The molecule has 24 heavy (non-hydrogen) atoms. The smallest absolute Gasteiger partial charge is 0.422 e. The van der Waals surface area contributed by atoms with E-state index in [4.69, 9.17) is 4.74 Å². The molecule has 1 aromatic rings. The van der Waals surface area contributed by atoms with Gasteiger partial charge in [0.1, 0.15) is 5.75 Å². The van der Waals surface area contributed by atoms with E-state index in [1.54, 1.807) is 17.0 Å². The van der Waals surface area contributed by atoms with Crippen LogP contribution >= 0.6 is 0 Å². The average molecular weight is 344 g/mol. The van der Waals surface area contributed by atoms with Crippen LogP contribution in [0, 0.1) is 0 Å². The van der Waals surface area contributed by atoms with E-state index in [1.807, 2.05) is 0 Å². The van der Waals surface area contributed by atoms with Crippen LogP contribution < -0.4 is 10.1 Å². The predicted octanol–water partition coefficient (Wildman–Crippen LogP) is 3.15. The van der Waals surface area contributed by atoms with Crippen LogP contribution in [-0.2, 0) is 0 Å². The van der Waals surface area contributed by atoms with Crippen LogP contribution in [0.4, 0.5) is 23.7 Å². The van der Waals surface area contributed by atoms with E-state index in [0.717, 1.165) is 12.8 Å². The van der Waals surface area contributed by atoms with Gasteiger partial charge in [0.05, 0.1) is 11.8 Å². The van der Waals surface area contributed by atoms with E-state index in [1.165, 1.54) is 12.1 Å². The number of alkyl halides is 3. The lowest BCUT2D eigenvalue weighted by atomic mass is 10.0. The molecule has 132 valence electrons. The molecule has 2 bridgehead atoms. The lowest BCUT2D eigenvalue weighted by Crippen LogP contribution is -2.49. The van der Waals surface area contributed by atoms with Crippen LogP contribution in [0.25, 0.3) is 0 Å². The molecule has 5 nitrogen and oxygen atoms in total. The second kappa shape index (κ2) is 6.51. The maximum atomic E-state index is 12.5. The summed E-state index contributed by atoms with van der Waals surface area (Å²) in [6, 6.07) is 5.63. The molecule has 2 fully saturated rings. The number of urea groups is 1. The third kappa shape index (κ3) is 3.75. The summed E-state index contributed by atoms with van der Waals surface area (Å²) in [7, 11) is 0. The minimum absolute atomic E-state index is 0.0208. The molecule has 0 radical (unpaired) electrons. The average Bonchev–Trinajstić information content (AvgIpc) is 2.78. The highest BCUT2D eigenvalue weighted by Crippen LogP contribution is 2.36. The number of carbonyl (C=O) groups is 1. The number of halogens is 3. The summed E-state index contributed by atoms with van der Waals surface area (Å²) < 4.78 is 41.8. The molecule has 2 heterocycles. The third-order valence-electron chi connectivity index (χ3n) is 4.46. The predicted molar refractivity (Wildman–Crippen MR) is 80.9 cm³/mol. The SMILES string of the molecule is O=C(Nc1ccccc1OCC(F)(F)F)N1C2CCC1CC(O)C2. The number of nitrogens with one attached hydrogen (secondary N) is 1. The maximum absolute atomic E-state index is 12.5. The highest BCUT2D eigenvalue weighted by atomic mass is 19.4. The molecule has 0 spiro atoms. The standard InChI is InChI=1S/C16H19F3N2O3/c17-16(18,19)9-24-14-4-2-1-3-13(14)20-15(23)21-10-5-6-11(21)8-12(22)7-10/h1-4,10-12,22H,5-9H2,(H,20,23). The van der Waals surface area contributed by atoms with Crippen molar-refractivity contribution in [2.45, 2.75) is 50.0 Å². The number of fused-ring (bicyclic) bond motifs is 2. The highest BCUT2D eigenvalue weighted by Gasteiger charge is 2.43. The molecule has 3 rings (SSSR count). The zero-order valence-electron chi connectivity index (χ0n) is 12.9. The molecule has 2 aliphatic heterocycles. The van der Waals surface area contributed by atoms with E-state index in [-0.39, 0.29) is 29.6 Å². The van der Waals surface area contributed by atoms with Gasteiger partial charge in [0.25, 0.3) is 0 Å². The monoisotopic (exact) mass is 344 g/mol. The minimum Gasteiger partial charge on any atom is -0.482 e. The van der Waals surface area contributed by atoms with Crippen LogP contribution in [-0.4, -0.2) is 47.0 Å². The van der Waals surface area contributed by atoms with Crippen molar-refractivity contribution in [2.75, 3.05) is 11.9 Å². The van der Waals surface area contributed by atoms with Gasteiger partial charge in [-0.15, -0.1) is 0 Å². The topological polar surface area (TPSA) is 61.8 Å². The number of amides is 2. The summed E-state index contributed by atoms with van der Waals surface area (Å²) in [5.74, 6) is -0.0208. The number of para-hydroxylation sites is 2. The van der Waals surface area contributed by atoms with E-state index < -0.39 is 18.9 Å². The molecular formula is C16H19F3N2O3. The lowest BCUT2D eigenvalue weighted by molar-refractivity contribution is -0.153. The normalized spacial score (nSPS) is 26.3. The molecule has 2 atom stereocenters. The first kappa shape index (κ1) is 16.9. The molecule has 2 unspecified atom stereocenters. The molecule has 0 saturated carbocycles. The van der Waals surface area contributed by atoms with Crippen molar-refractivity contribution in [3.05, 3.63) is 24.3 Å². The molecule has 2 aliphatic rings. The van der Waals surface area contributed by atoms with Crippen LogP contribution in [0.2, 0.25) is 0 Å². The van der Waals surface area contributed by atoms with E-state index in [9.17, 15) is 23.1 Å². The van der Waals surface area contributed by atoms with Gasteiger partial charge >= 0.3 is 12.2 Å². The van der Waals surface area contributed by atoms with E-state index in [0.29, 0.717) is 12.8 Å². The Morgan fingerprint density at radius 2 is 1.88 bits per heavy atom. The fraction of sp³-hybridized carbons (Fsp3) is 0.562. The van der Waals surface area contributed by atoms with Gasteiger partial charge in [0.15, 0.2) is 6.61 Å². The molecule has 0 aliphatic carbocycles. The van der Waals surface area contributed by atoms with Crippen LogP contribution in [0.3, 0.4) is 0 Å². The van der Waals surface area contributed by atoms with Gasteiger partial charge in [0.2, 0.25) is 0 Å². The quantitative estimate of drug-likeness (QED) is 0.885. The Bertz CT molecular complexity index is 594. The summed E-state index contributed by atoms with van der Waals surface area (Å²) in [5.41, 5.74) is 0.206. The first-order chi connectivity index (χ1) is 11.3. The zero-order valence-corrected chi connectivity index (χ0v) is 12.9. The fourth-order valence-electron chi connectivity index (χ4n) is 3.52. The summed E-state index contributed by atoms with van der Waals surface area (Å²) in [6.45, 7) is -1.42. The van der Waals surface area contributed by atoms with Crippen molar-refractivity contribution < 1.29 is 27.8 Å². The van der Waals surface area contributed by atoms with Crippen LogP contribution in [0.5, 0.6) is 5.75 Å². The summed E-state index contributed by atoms with van der Waals surface area (Å²) in [6.07, 6.45) is -2.09. The summed E-state index contributed by atoms with van der Waals surface area (Å²) in [4.78, 5) is 14.2. The van der Waals surface area contributed by atoms with E-state index >= 15 is 0 Å². The van der Waals surface area contributed by atoms with Gasteiger partial charge in [-0.1, -0.05) is 12.1 Å². The molecule has 2 amide bonds. The van der Waals surface area contributed by atoms with Gasteiger partial charge in [-0.25, -0.2) is 4.79 Å². The summed E-state index contributed by atoms with van der Waals surface area (Å²) in [5, 5.41) is 12.4. The number of hydrogen-bond acceptors (Lipinski definition) is 3. The van der Waals surface area contributed by atoms with Gasteiger partial charge in [-0.05, 0) is 37.8 Å². The Balaban J connectivity index is 1.69. The Hall–Kier alpha value is -1.96. The number of hydrogen-bond donors (Lipinski definition) is 2. The van der Waals surface area contributed by atoms with Crippen molar-refractivity contribution >= 4 is 11.7 Å². The second-order valence-electron chi connectivity index (χ2n) is 6.25. The number of aliphatic hydroxyl groups excluding tert-OH is 1. The molecule has 0 aromatic heterocycles. The first-order valence-corrected chi connectivity index (χ1v) is 7.89. The van der Waals surface area contributed by atoms with Gasteiger partial charge in [-0.2, -0.15) is 13.2 Å². The second-order valence-corrected chi connectivity index (χ2v) is 6.25. The number of piperidine rings is 1. The van der Waals surface area contributed by atoms with Crippen molar-refractivity contribution in [1.82, 2.24) is 4.90 Å². The lowest BCUT2D eigenvalue weighted by Gasteiger charge is -2.37. The minimum atomic E-state index is -4.45. The Labute approximate surface area is 137 Å². The number of carbonyl (C=O) groups excluding carboxylic acids is 1. The number of ether oxygens (including phenoxy) is 1. The maximum Gasteiger partial charge on any atom is 0.422 e. The van der Waals surface area contributed by atoms with Crippen LogP contribution in [0.15, 0.2) is 24.3 Å². The fourth-order valence-corrected chi connectivity index (χ4v) is 3.52. The summed E-state index contributed by atoms with van der Waals surface area (Å²) >= 11 is 0. The van der Waals surface area contributed by atoms with Crippen LogP contribution in [0.1, 0.15) is 25.7 Å². The third-order valence-corrected chi connectivity index (χ3v) is 4.46.